The van der Waals surface area contributed by atoms with Crippen molar-refractivity contribution in [1.82, 2.24) is 0 Å². The van der Waals surface area contributed by atoms with Crippen LogP contribution in [0.15, 0.2) is 12.7 Å². The third kappa shape index (κ3) is 3.15. The molecule has 1 heteroatoms. The first-order valence-electron chi connectivity index (χ1n) is 5.45. The van der Waals surface area contributed by atoms with Gasteiger partial charge >= 0.3 is 0 Å². The number of hydrogen-bond acceptors (Lipinski definition) is 1. The summed E-state index contributed by atoms with van der Waals surface area (Å²) in [6.45, 7) is 6.16. The Labute approximate surface area is 81.9 Å². The fourth-order valence-electron chi connectivity index (χ4n) is 2.26. The van der Waals surface area contributed by atoms with E-state index in [2.05, 4.69) is 13.5 Å². The molecular weight excluding hydrogens is 160 g/mol. The molecule has 0 heterocycles. The van der Waals surface area contributed by atoms with E-state index in [4.69, 9.17) is 0 Å². The van der Waals surface area contributed by atoms with E-state index < -0.39 is 0 Å². The zero-order valence-corrected chi connectivity index (χ0v) is 8.76. The first kappa shape index (κ1) is 10.8. The smallest absolute Gasteiger partial charge is 0.0519 e. The van der Waals surface area contributed by atoms with Crippen LogP contribution in [0.1, 0.15) is 45.4 Å². The molecule has 1 nitrogen and oxygen atoms in total. The van der Waals surface area contributed by atoms with Crippen molar-refractivity contribution in [3.63, 3.8) is 0 Å². The molecule has 1 saturated carbocycles. The molecule has 0 aromatic heterocycles. The largest absolute Gasteiger partial charge is 0.395 e. The van der Waals surface area contributed by atoms with Crippen LogP contribution >= 0.6 is 0 Å². The van der Waals surface area contributed by atoms with E-state index >= 15 is 0 Å². The summed E-state index contributed by atoms with van der Waals surface area (Å²) in [7, 11) is 0. The van der Waals surface area contributed by atoms with Crippen LogP contribution in [0, 0.1) is 11.3 Å². The highest BCUT2D eigenvalue weighted by Crippen LogP contribution is 2.34. The summed E-state index contributed by atoms with van der Waals surface area (Å²) in [5, 5.41) is 9.24. The second-order valence-corrected chi connectivity index (χ2v) is 4.72. The third-order valence-electron chi connectivity index (χ3n) is 3.33. The molecule has 1 atom stereocenters. The van der Waals surface area contributed by atoms with E-state index in [1.54, 1.807) is 0 Å². The molecule has 0 amide bonds. The van der Waals surface area contributed by atoms with Gasteiger partial charge in [-0.2, -0.15) is 0 Å². The van der Waals surface area contributed by atoms with Crippen LogP contribution in [0.4, 0.5) is 0 Å². The second kappa shape index (κ2) is 4.80. The van der Waals surface area contributed by atoms with Gasteiger partial charge in [0, 0.05) is 5.41 Å². The number of rotatable bonds is 4. The summed E-state index contributed by atoms with van der Waals surface area (Å²) in [5.74, 6) is 0.823. The Kier molecular flexibility index (Phi) is 3.98. The maximum absolute atomic E-state index is 9.24. The molecule has 0 aromatic carbocycles. The van der Waals surface area contributed by atoms with E-state index in [1.807, 2.05) is 6.08 Å². The molecule has 1 aliphatic rings. The fraction of sp³-hybridized carbons (Fsp3) is 0.833. The predicted molar refractivity (Wildman–Crippen MR) is 56.6 cm³/mol. The highest BCUT2D eigenvalue weighted by Gasteiger charge is 2.25. The molecule has 1 unspecified atom stereocenters. The van der Waals surface area contributed by atoms with Crippen LogP contribution in [-0.4, -0.2) is 11.7 Å². The Hall–Kier alpha value is -0.300. The first-order chi connectivity index (χ1) is 6.20. The number of hydrogen-bond donors (Lipinski definition) is 1. The first-order valence-corrected chi connectivity index (χ1v) is 5.45. The van der Waals surface area contributed by atoms with Gasteiger partial charge in [-0.3, -0.25) is 0 Å². The Morgan fingerprint density at radius 1 is 1.38 bits per heavy atom. The summed E-state index contributed by atoms with van der Waals surface area (Å²) >= 11 is 0. The van der Waals surface area contributed by atoms with Crippen molar-refractivity contribution in [3.8, 4) is 0 Å². The van der Waals surface area contributed by atoms with Gasteiger partial charge in [-0.15, -0.1) is 6.58 Å². The van der Waals surface area contributed by atoms with Gasteiger partial charge in [-0.1, -0.05) is 45.1 Å². The minimum Gasteiger partial charge on any atom is -0.395 e. The van der Waals surface area contributed by atoms with Crippen LogP contribution in [0.25, 0.3) is 0 Å². The molecule has 0 spiro atoms. The lowest BCUT2D eigenvalue weighted by Crippen LogP contribution is -2.23. The molecule has 1 fully saturated rings. The minimum absolute atomic E-state index is 0.0397. The average molecular weight is 182 g/mol. The fourth-order valence-corrected chi connectivity index (χ4v) is 2.26. The summed E-state index contributed by atoms with van der Waals surface area (Å²) in [6.07, 6.45) is 9.90. The molecule has 0 bridgehead atoms. The van der Waals surface area contributed by atoms with Crippen molar-refractivity contribution in [2.75, 3.05) is 6.61 Å². The van der Waals surface area contributed by atoms with Crippen LogP contribution in [0.5, 0.6) is 0 Å². The zero-order valence-electron chi connectivity index (χ0n) is 8.76. The van der Waals surface area contributed by atoms with E-state index in [1.165, 1.54) is 32.1 Å². The van der Waals surface area contributed by atoms with Gasteiger partial charge in [-0.25, -0.2) is 0 Å². The van der Waals surface area contributed by atoms with E-state index in [0.29, 0.717) is 0 Å². The Morgan fingerprint density at radius 2 is 2.00 bits per heavy atom. The monoisotopic (exact) mass is 182 g/mol. The SMILES string of the molecule is C=CC(C)(CO)CC1CCCCC1. The lowest BCUT2D eigenvalue weighted by atomic mass is 9.76. The lowest BCUT2D eigenvalue weighted by molar-refractivity contribution is 0.143. The van der Waals surface area contributed by atoms with Gasteiger partial charge in [-0.05, 0) is 12.3 Å². The number of aliphatic hydroxyl groups is 1. The highest BCUT2D eigenvalue weighted by molar-refractivity contribution is 4.92. The van der Waals surface area contributed by atoms with Gasteiger partial charge in [0.25, 0.3) is 0 Å². The Morgan fingerprint density at radius 3 is 2.46 bits per heavy atom. The summed E-state index contributed by atoms with van der Waals surface area (Å²) < 4.78 is 0. The molecule has 13 heavy (non-hydrogen) atoms. The minimum atomic E-state index is -0.0397. The van der Waals surface area contributed by atoms with Crippen molar-refractivity contribution in [2.45, 2.75) is 45.4 Å². The molecule has 76 valence electrons. The van der Waals surface area contributed by atoms with Crippen molar-refractivity contribution in [3.05, 3.63) is 12.7 Å². The third-order valence-corrected chi connectivity index (χ3v) is 3.33. The van der Waals surface area contributed by atoms with Crippen molar-refractivity contribution >= 4 is 0 Å². The zero-order chi connectivity index (χ0) is 9.73. The molecule has 0 aromatic rings. The topological polar surface area (TPSA) is 20.2 Å². The molecule has 1 rings (SSSR count). The standard InChI is InChI=1S/C12H22O/c1-3-12(2,10-13)9-11-7-5-4-6-8-11/h3,11,13H,1,4-10H2,2H3. The quantitative estimate of drug-likeness (QED) is 0.662. The molecule has 1 aliphatic carbocycles. The van der Waals surface area contributed by atoms with E-state index in [0.717, 1.165) is 12.3 Å². The molecule has 0 aliphatic heterocycles. The average Bonchev–Trinajstić information content (AvgIpc) is 2.19. The van der Waals surface area contributed by atoms with Gasteiger partial charge in [0.1, 0.15) is 0 Å². The molecule has 0 radical (unpaired) electrons. The van der Waals surface area contributed by atoms with E-state index in [9.17, 15) is 5.11 Å². The molecule has 1 N–H and O–H groups in total. The van der Waals surface area contributed by atoms with Gasteiger partial charge in [0.2, 0.25) is 0 Å². The van der Waals surface area contributed by atoms with Crippen LogP contribution < -0.4 is 0 Å². The molecular formula is C12H22O. The highest BCUT2D eigenvalue weighted by atomic mass is 16.3. The van der Waals surface area contributed by atoms with Crippen LogP contribution in [-0.2, 0) is 0 Å². The van der Waals surface area contributed by atoms with Gasteiger partial charge in [0.05, 0.1) is 6.61 Å². The van der Waals surface area contributed by atoms with Crippen molar-refractivity contribution in [1.29, 1.82) is 0 Å². The summed E-state index contributed by atoms with van der Waals surface area (Å²) in [6, 6.07) is 0. The molecule has 0 saturated heterocycles. The summed E-state index contributed by atoms with van der Waals surface area (Å²) in [5.41, 5.74) is -0.0397. The summed E-state index contributed by atoms with van der Waals surface area (Å²) in [4.78, 5) is 0. The van der Waals surface area contributed by atoms with Gasteiger partial charge < -0.3 is 5.11 Å². The second-order valence-electron chi connectivity index (χ2n) is 4.72. The normalized spacial score (nSPS) is 23.8. The maximum Gasteiger partial charge on any atom is 0.0519 e. The van der Waals surface area contributed by atoms with Crippen LogP contribution in [0.3, 0.4) is 0 Å². The van der Waals surface area contributed by atoms with Crippen LogP contribution in [0.2, 0.25) is 0 Å². The van der Waals surface area contributed by atoms with E-state index in [-0.39, 0.29) is 12.0 Å². The Bertz CT molecular complexity index is 159. The van der Waals surface area contributed by atoms with Gasteiger partial charge in [0.15, 0.2) is 0 Å². The van der Waals surface area contributed by atoms with Crippen molar-refractivity contribution in [2.24, 2.45) is 11.3 Å². The lowest BCUT2D eigenvalue weighted by Gasteiger charge is -2.30. The predicted octanol–water partition coefficient (Wildman–Crippen LogP) is 3.14. The Balaban J connectivity index is 2.40. The maximum atomic E-state index is 9.24. The van der Waals surface area contributed by atoms with Crippen molar-refractivity contribution < 1.29 is 5.11 Å². The number of aliphatic hydroxyl groups excluding tert-OH is 1.